The molecule has 2 rings (SSSR count). The molecule has 0 bridgehead atoms. The first-order valence-corrected chi connectivity index (χ1v) is 6.52. The number of ether oxygens (including phenoxy) is 1. The lowest BCUT2D eigenvalue weighted by atomic mass is 10.1. The van der Waals surface area contributed by atoms with E-state index in [1.807, 2.05) is 48.5 Å². The highest BCUT2D eigenvalue weighted by molar-refractivity contribution is 5.82. The molecule has 0 amide bonds. The first-order chi connectivity index (χ1) is 9.34. The lowest BCUT2D eigenvalue weighted by molar-refractivity contribution is -0.122. The number of rotatable bonds is 7. The lowest BCUT2D eigenvalue weighted by Gasteiger charge is -2.04. The van der Waals surface area contributed by atoms with Crippen LogP contribution in [0.1, 0.15) is 11.1 Å². The van der Waals surface area contributed by atoms with Crippen molar-refractivity contribution in [2.45, 2.75) is 12.8 Å². The van der Waals surface area contributed by atoms with E-state index in [4.69, 9.17) is 4.74 Å². The summed E-state index contributed by atoms with van der Waals surface area (Å²) in [6, 6.07) is 19.9. The van der Waals surface area contributed by atoms with Crippen LogP contribution in [0.25, 0.3) is 0 Å². The molecule has 0 radical (unpaired) electrons. The van der Waals surface area contributed by atoms with Gasteiger partial charge in [0.25, 0.3) is 0 Å². The summed E-state index contributed by atoms with van der Waals surface area (Å²) in [4.78, 5) is 11.7. The van der Waals surface area contributed by atoms with Gasteiger partial charge in [0.2, 0.25) is 0 Å². The number of benzene rings is 2. The fourth-order valence-corrected chi connectivity index (χ4v) is 1.90. The molecule has 0 saturated heterocycles. The molecule has 19 heavy (non-hydrogen) atoms. The molecule has 0 heterocycles. The third-order valence-electron chi connectivity index (χ3n) is 2.89. The zero-order valence-corrected chi connectivity index (χ0v) is 10.9. The predicted molar refractivity (Wildman–Crippen MR) is 76.1 cm³/mol. The Kier molecular flexibility index (Phi) is 5.32. The van der Waals surface area contributed by atoms with E-state index in [1.54, 1.807) is 0 Å². The molecule has 0 N–H and O–H groups in total. The quantitative estimate of drug-likeness (QED) is 0.710. The molecule has 0 aliphatic carbocycles. The van der Waals surface area contributed by atoms with Gasteiger partial charge in [-0.05, 0) is 17.5 Å². The van der Waals surface area contributed by atoms with Crippen molar-refractivity contribution in [3.05, 3.63) is 71.8 Å². The van der Waals surface area contributed by atoms with Crippen molar-refractivity contribution in [3.63, 3.8) is 0 Å². The second-order valence-electron chi connectivity index (χ2n) is 4.49. The van der Waals surface area contributed by atoms with Gasteiger partial charge in [0.1, 0.15) is 6.61 Å². The third kappa shape index (κ3) is 5.06. The Bertz CT molecular complexity index is 491. The average molecular weight is 254 g/mol. The Morgan fingerprint density at radius 1 is 0.842 bits per heavy atom. The molecule has 2 nitrogen and oxygen atoms in total. The molecule has 2 aromatic rings. The van der Waals surface area contributed by atoms with Crippen LogP contribution < -0.4 is 0 Å². The molecule has 0 aliphatic rings. The van der Waals surface area contributed by atoms with E-state index in [2.05, 4.69) is 12.1 Å². The van der Waals surface area contributed by atoms with E-state index < -0.39 is 0 Å². The zero-order valence-electron chi connectivity index (χ0n) is 10.9. The highest BCUT2D eigenvalue weighted by Crippen LogP contribution is 2.02. The summed E-state index contributed by atoms with van der Waals surface area (Å²) in [5.74, 6) is 0.124. The molecule has 2 heteroatoms. The Hall–Kier alpha value is -1.93. The molecule has 0 spiro atoms. The highest BCUT2D eigenvalue weighted by atomic mass is 16.5. The van der Waals surface area contributed by atoms with Gasteiger partial charge in [-0.2, -0.15) is 0 Å². The maximum absolute atomic E-state index is 11.7. The first-order valence-electron chi connectivity index (χ1n) is 6.52. The fraction of sp³-hybridized carbons (Fsp3) is 0.235. The van der Waals surface area contributed by atoms with Gasteiger partial charge in [-0.1, -0.05) is 60.7 Å². The molecular formula is C17H18O2. The number of carbonyl (C=O) groups excluding carboxylic acids is 1. The number of Topliss-reactive ketones (excluding diaryl/α,β-unsaturated/α-hetero) is 1. The van der Waals surface area contributed by atoms with Gasteiger partial charge in [0.05, 0.1) is 6.61 Å². The third-order valence-corrected chi connectivity index (χ3v) is 2.89. The van der Waals surface area contributed by atoms with E-state index in [9.17, 15) is 4.79 Å². The minimum atomic E-state index is 0.124. The van der Waals surface area contributed by atoms with Crippen LogP contribution in [0.4, 0.5) is 0 Å². The van der Waals surface area contributed by atoms with Crippen LogP contribution in [0, 0.1) is 0 Å². The molecular weight excluding hydrogens is 236 g/mol. The van der Waals surface area contributed by atoms with E-state index in [0.717, 1.165) is 12.0 Å². The molecule has 0 fully saturated rings. The minimum Gasteiger partial charge on any atom is -0.373 e. The summed E-state index contributed by atoms with van der Waals surface area (Å²) >= 11 is 0. The van der Waals surface area contributed by atoms with Crippen LogP contribution in [0.3, 0.4) is 0 Å². The molecule has 0 aromatic heterocycles. The maximum atomic E-state index is 11.7. The molecule has 98 valence electrons. The van der Waals surface area contributed by atoms with Crippen molar-refractivity contribution in [3.8, 4) is 0 Å². The van der Waals surface area contributed by atoms with Crippen LogP contribution in [-0.4, -0.2) is 19.0 Å². The zero-order chi connectivity index (χ0) is 13.3. The van der Waals surface area contributed by atoms with Crippen LogP contribution in [-0.2, 0) is 22.4 Å². The van der Waals surface area contributed by atoms with Crippen LogP contribution in [0.15, 0.2) is 60.7 Å². The summed E-state index contributed by atoms with van der Waals surface area (Å²) < 4.78 is 5.42. The van der Waals surface area contributed by atoms with Crippen LogP contribution in [0.2, 0.25) is 0 Å². The van der Waals surface area contributed by atoms with E-state index in [-0.39, 0.29) is 12.4 Å². The van der Waals surface area contributed by atoms with Gasteiger partial charge in [-0.3, -0.25) is 4.79 Å². The first kappa shape index (κ1) is 13.5. The van der Waals surface area contributed by atoms with Gasteiger partial charge >= 0.3 is 0 Å². The number of hydrogen-bond donors (Lipinski definition) is 0. The molecule has 0 unspecified atom stereocenters. The van der Waals surface area contributed by atoms with Gasteiger partial charge in [0.15, 0.2) is 5.78 Å². The minimum absolute atomic E-state index is 0.124. The molecule has 0 aliphatic heterocycles. The molecule has 2 aromatic carbocycles. The maximum Gasteiger partial charge on any atom is 0.162 e. The van der Waals surface area contributed by atoms with Crippen LogP contribution >= 0.6 is 0 Å². The smallest absolute Gasteiger partial charge is 0.162 e. The lowest BCUT2D eigenvalue weighted by Crippen LogP contribution is -2.12. The molecule has 0 saturated carbocycles. The van der Waals surface area contributed by atoms with Crippen molar-refractivity contribution in [1.29, 1.82) is 0 Å². The Morgan fingerprint density at radius 3 is 2.05 bits per heavy atom. The van der Waals surface area contributed by atoms with Crippen molar-refractivity contribution in [2.24, 2.45) is 0 Å². The summed E-state index contributed by atoms with van der Waals surface area (Å²) in [5, 5.41) is 0. The fourth-order valence-electron chi connectivity index (χ4n) is 1.90. The average Bonchev–Trinajstić information content (AvgIpc) is 2.46. The second-order valence-corrected chi connectivity index (χ2v) is 4.49. The van der Waals surface area contributed by atoms with E-state index >= 15 is 0 Å². The van der Waals surface area contributed by atoms with Gasteiger partial charge in [-0.25, -0.2) is 0 Å². The second kappa shape index (κ2) is 7.49. The topological polar surface area (TPSA) is 26.3 Å². The van der Waals surface area contributed by atoms with E-state index in [0.29, 0.717) is 13.0 Å². The van der Waals surface area contributed by atoms with Gasteiger partial charge < -0.3 is 4.74 Å². The standard InChI is InChI=1S/C17H18O2/c18-17(13-16-9-5-2-6-10-16)14-19-12-11-15-7-3-1-4-8-15/h1-10H,11-14H2. The summed E-state index contributed by atoms with van der Waals surface area (Å²) in [6.07, 6.45) is 1.30. The Morgan fingerprint density at radius 2 is 1.42 bits per heavy atom. The van der Waals surface area contributed by atoms with Crippen molar-refractivity contribution >= 4 is 5.78 Å². The number of carbonyl (C=O) groups is 1. The van der Waals surface area contributed by atoms with Gasteiger partial charge in [0, 0.05) is 6.42 Å². The summed E-state index contributed by atoms with van der Waals surface area (Å²) in [5.41, 5.74) is 2.28. The number of ketones is 1. The molecule has 0 atom stereocenters. The normalized spacial score (nSPS) is 10.3. The van der Waals surface area contributed by atoms with Crippen LogP contribution in [0.5, 0.6) is 0 Å². The predicted octanol–water partition coefficient (Wildman–Crippen LogP) is 3.06. The van der Waals surface area contributed by atoms with Crippen molar-refractivity contribution < 1.29 is 9.53 Å². The summed E-state index contributed by atoms with van der Waals surface area (Å²) in [7, 11) is 0. The summed E-state index contributed by atoms with van der Waals surface area (Å²) in [6.45, 7) is 0.784. The van der Waals surface area contributed by atoms with Crippen molar-refractivity contribution in [2.75, 3.05) is 13.2 Å². The van der Waals surface area contributed by atoms with E-state index in [1.165, 1.54) is 5.56 Å². The van der Waals surface area contributed by atoms with Crippen molar-refractivity contribution in [1.82, 2.24) is 0 Å². The Labute approximate surface area is 114 Å². The monoisotopic (exact) mass is 254 g/mol. The largest absolute Gasteiger partial charge is 0.373 e. The number of hydrogen-bond acceptors (Lipinski definition) is 2. The highest BCUT2D eigenvalue weighted by Gasteiger charge is 2.03. The SMILES string of the molecule is O=C(COCCc1ccccc1)Cc1ccccc1. The van der Waals surface area contributed by atoms with Gasteiger partial charge in [-0.15, -0.1) is 0 Å². The Balaban J connectivity index is 1.65.